The third-order valence-electron chi connectivity index (χ3n) is 2.83. The number of methoxy groups -OCH3 is 1. The van der Waals surface area contributed by atoms with Crippen LogP contribution in [0.1, 0.15) is 16.1 Å². The third kappa shape index (κ3) is 3.81. The van der Waals surface area contributed by atoms with Crippen LogP contribution in [-0.2, 0) is 7.05 Å². The highest BCUT2D eigenvalue weighted by molar-refractivity contribution is 6.36. The van der Waals surface area contributed by atoms with Crippen LogP contribution < -0.4 is 10.2 Å². The second-order valence-electron chi connectivity index (χ2n) is 4.50. The average Bonchev–Trinajstić information content (AvgIpc) is 2.89. The Morgan fingerprint density at radius 3 is 2.83 bits per heavy atom. The number of hydrogen-bond donors (Lipinski definition) is 1. The number of aromatic nitrogens is 2. The normalized spacial score (nSPS) is 10.8. The van der Waals surface area contributed by atoms with Gasteiger partial charge in [-0.25, -0.2) is 5.43 Å². The molecule has 0 saturated carbocycles. The van der Waals surface area contributed by atoms with Crippen molar-refractivity contribution in [3.8, 4) is 5.75 Å². The second kappa shape index (κ2) is 7.28. The van der Waals surface area contributed by atoms with Gasteiger partial charge in [0, 0.05) is 17.6 Å². The minimum atomic E-state index is -0.828. The van der Waals surface area contributed by atoms with E-state index in [1.165, 1.54) is 32.5 Å². The Morgan fingerprint density at radius 1 is 1.50 bits per heavy atom. The molecule has 9 nitrogen and oxygen atoms in total. The quantitative estimate of drug-likeness (QED) is 0.492. The number of nitro groups is 1. The maximum absolute atomic E-state index is 12.0. The molecule has 2 aromatic rings. The van der Waals surface area contributed by atoms with Gasteiger partial charge in [-0.3, -0.25) is 19.6 Å². The van der Waals surface area contributed by atoms with Gasteiger partial charge in [0.05, 0.1) is 23.3 Å². The number of nitrogens with one attached hydrogen (secondary N) is 1. The minimum Gasteiger partial charge on any atom is -0.495 e. The molecule has 0 fully saturated rings. The van der Waals surface area contributed by atoms with Crippen molar-refractivity contribution < 1.29 is 14.5 Å². The van der Waals surface area contributed by atoms with E-state index in [-0.39, 0.29) is 10.7 Å². The first-order valence-electron chi connectivity index (χ1n) is 6.38. The fourth-order valence-electron chi connectivity index (χ4n) is 1.88. The zero-order valence-corrected chi connectivity index (χ0v) is 14.0. The number of rotatable bonds is 5. The summed E-state index contributed by atoms with van der Waals surface area (Å²) in [6.07, 6.45) is 2.38. The van der Waals surface area contributed by atoms with Gasteiger partial charge in [-0.15, -0.1) is 0 Å². The topological polar surface area (TPSA) is 112 Å². The molecule has 1 aromatic heterocycles. The summed E-state index contributed by atoms with van der Waals surface area (Å²) in [5, 5.41) is 19.0. The number of carbonyl (C=O) groups is 1. The number of halogens is 2. The fraction of sp³-hybridized carbons (Fsp3) is 0.154. The Morgan fingerprint density at radius 2 is 2.21 bits per heavy atom. The molecule has 11 heteroatoms. The molecule has 0 aliphatic rings. The van der Waals surface area contributed by atoms with E-state index < -0.39 is 16.5 Å². The van der Waals surface area contributed by atoms with E-state index in [2.05, 4.69) is 15.6 Å². The van der Waals surface area contributed by atoms with Crippen molar-refractivity contribution in [1.29, 1.82) is 0 Å². The molecular formula is C13H11Cl2N5O4. The molecule has 0 spiro atoms. The van der Waals surface area contributed by atoms with Gasteiger partial charge in [-0.2, -0.15) is 10.2 Å². The van der Waals surface area contributed by atoms with Gasteiger partial charge in [-0.05, 0) is 12.1 Å². The van der Waals surface area contributed by atoms with E-state index in [4.69, 9.17) is 27.9 Å². The zero-order chi connectivity index (χ0) is 17.9. The minimum absolute atomic E-state index is 0.276. The smallest absolute Gasteiger partial charge is 0.320 e. The average molecular weight is 372 g/mol. The van der Waals surface area contributed by atoms with Crippen molar-refractivity contribution in [3.05, 3.63) is 49.7 Å². The van der Waals surface area contributed by atoms with Crippen molar-refractivity contribution in [2.75, 3.05) is 7.11 Å². The Balaban J connectivity index is 2.21. The van der Waals surface area contributed by atoms with Gasteiger partial charge in [0.2, 0.25) is 5.69 Å². The highest BCUT2D eigenvalue weighted by Crippen LogP contribution is 2.31. The number of nitrogens with zero attached hydrogens (tertiary/aromatic N) is 4. The monoisotopic (exact) mass is 371 g/mol. The second-order valence-corrected chi connectivity index (χ2v) is 5.35. The fourth-order valence-corrected chi connectivity index (χ4v) is 2.46. The van der Waals surface area contributed by atoms with E-state index >= 15 is 0 Å². The van der Waals surface area contributed by atoms with E-state index in [1.807, 2.05) is 0 Å². The summed E-state index contributed by atoms with van der Waals surface area (Å²) in [7, 11) is 2.88. The molecule has 1 aromatic carbocycles. The maximum atomic E-state index is 12.0. The summed E-state index contributed by atoms with van der Waals surface area (Å²) in [5.74, 6) is -0.506. The van der Waals surface area contributed by atoms with Gasteiger partial charge in [0.25, 0.3) is 5.91 Å². The van der Waals surface area contributed by atoms with Crippen molar-refractivity contribution in [3.63, 3.8) is 0 Å². The number of aryl methyl sites for hydroxylation is 1. The van der Waals surface area contributed by atoms with Crippen LogP contribution in [0.25, 0.3) is 0 Å². The first-order valence-corrected chi connectivity index (χ1v) is 7.13. The molecule has 0 aliphatic heterocycles. The van der Waals surface area contributed by atoms with Crippen LogP contribution in [0.15, 0.2) is 23.4 Å². The lowest BCUT2D eigenvalue weighted by molar-refractivity contribution is -0.385. The van der Waals surface area contributed by atoms with Crippen LogP contribution in [0.4, 0.5) is 5.69 Å². The molecule has 24 heavy (non-hydrogen) atoms. The van der Waals surface area contributed by atoms with Gasteiger partial charge >= 0.3 is 5.69 Å². The lowest BCUT2D eigenvalue weighted by Gasteiger charge is -2.07. The van der Waals surface area contributed by atoms with Gasteiger partial charge in [-0.1, -0.05) is 23.2 Å². The molecule has 1 heterocycles. The standard InChI is InChI=1S/C13H11Cl2N5O4/c1-19-6-10(20(22)23)11(18-19)13(21)17-16-5-7-3-8(14)4-9(15)12(7)24-2/h3-6H,1-2H3,(H,17,21)/b16-5-. The lowest BCUT2D eigenvalue weighted by atomic mass is 10.2. The third-order valence-corrected chi connectivity index (χ3v) is 3.33. The molecular weight excluding hydrogens is 361 g/mol. The van der Waals surface area contributed by atoms with Gasteiger partial charge in [0.15, 0.2) is 0 Å². The summed E-state index contributed by atoms with van der Waals surface area (Å²) < 4.78 is 6.29. The SMILES string of the molecule is COc1c(Cl)cc(Cl)cc1/C=N\NC(=O)c1nn(C)cc1[N+](=O)[O-]. The van der Waals surface area contributed by atoms with Crippen LogP contribution in [-0.4, -0.2) is 33.9 Å². The molecule has 0 unspecified atom stereocenters. The Hall–Kier alpha value is -2.65. The Kier molecular flexibility index (Phi) is 5.37. The molecule has 0 saturated heterocycles. The molecule has 1 amide bonds. The highest BCUT2D eigenvalue weighted by Gasteiger charge is 2.24. The molecule has 126 valence electrons. The van der Waals surface area contributed by atoms with Crippen molar-refractivity contribution in [2.24, 2.45) is 12.1 Å². The number of carbonyl (C=O) groups excluding carboxylic acids is 1. The lowest BCUT2D eigenvalue weighted by Crippen LogP contribution is -2.19. The predicted octanol–water partition coefficient (Wildman–Crippen LogP) is 2.41. The van der Waals surface area contributed by atoms with E-state index in [0.29, 0.717) is 16.3 Å². The van der Waals surface area contributed by atoms with Crippen LogP contribution in [0.3, 0.4) is 0 Å². The Labute approximate surface area is 146 Å². The maximum Gasteiger partial charge on any atom is 0.320 e. The zero-order valence-electron chi connectivity index (χ0n) is 12.5. The Bertz CT molecular complexity index is 834. The van der Waals surface area contributed by atoms with Gasteiger partial charge in [0.1, 0.15) is 11.9 Å². The van der Waals surface area contributed by atoms with Crippen LogP contribution in [0.5, 0.6) is 5.75 Å². The van der Waals surface area contributed by atoms with Crippen molar-refractivity contribution in [1.82, 2.24) is 15.2 Å². The predicted molar refractivity (Wildman–Crippen MR) is 87.9 cm³/mol. The summed E-state index contributed by atoms with van der Waals surface area (Å²) in [4.78, 5) is 22.2. The number of amides is 1. The summed E-state index contributed by atoms with van der Waals surface area (Å²) >= 11 is 11.9. The first kappa shape index (κ1) is 17.7. The summed E-state index contributed by atoms with van der Waals surface area (Å²) in [5.41, 5.74) is 1.80. The molecule has 0 bridgehead atoms. The molecule has 0 atom stereocenters. The number of hydrazone groups is 1. The molecule has 1 N–H and O–H groups in total. The van der Waals surface area contributed by atoms with E-state index in [0.717, 1.165) is 10.9 Å². The van der Waals surface area contributed by atoms with E-state index in [9.17, 15) is 14.9 Å². The van der Waals surface area contributed by atoms with Crippen molar-refractivity contribution in [2.45, 2.75) is 0 Å². The summed E-state index contributed by atoms with van der Waals surface area (Å²) in [6.45, 7) is 0. The van der Waals surface area contributed by atoms with Crippen LogP contribution >= 0.6 is 23.2 Å². The number of ether oxygens (including phenoxy) is 1. The van der Waals surface area contributed by atoms with Crippen LogP contribution in [0, 0.1) is 10.1 Å². The number of benzene rings is 1. The highest BCUT2D eigenvalue weighted by atomic mass is 35.5. The van der Waals surface area contributed by atoms with Gasteiger partial charge < -0.3 is 4.74 Å². The molecule has 0 radical (unpaired) electrons. The first-order chi connectivity index (χ1) is 11.3. The molecule has 0 aliphatic carbocycles. The largest absolute Gasteiger partial charge is 0.495 e. The van der Waals surface area contributed by atoms with Crippen LogP contribution in [0.2, 0.25) is 10.0 Å². The molecule has 2 rings (SSSR count). The number of hydrogen-bond acceptors (Lipinski definition) is 6. The van der Waals surface area contributed by atoms with E-state index in [1.54, 1.807) is 0 Å². The summed E-state index contributed by atoms with van der Waals surface area (Å²) in [6, 6.07) is 3.03. The van der Waals surface area contributed by atoms with Crippen molar-refractivity contribution >= 4 is 41.0 Å².